The van der Waals surface area contributed by atoms with Crippen LogP contribution in [0.4, 0.5) is 15.8 Å². The molecular formula is C11H15FN2O3. The summed E-state index contributed by atoms with van der Waals surface area (Å²) in [6, 6.07) is 3.19. The topological polar surface area (TPSA) is 75.4 Å². The van der Waals surface area contributed by atoms with Gasteiger partial charge >= 0.3 is 0 Å². The maximum absolute atomic E-state index is 13.0. The lowest BCUT2D eigenvalue weighted by atomic mass is 10.2. The SMILES string of the molecule is CCCC(O)CNc1cc(F)ccc1[N+](=O)[O-]. The highest BCUT2D eigenvalue weighted by Crippen LogP contribution is 2.24. The van der Waals surface area contributed by atoms with E-state index in [4.69, 9.17) is 0 Å². The van der Waals surface area contributed by atoms with Crippen LogP contribution in [0.3, 0.4) is 0 Å². The van der Waals surface area contributed by atoms with Crippen LogP contribution in [0.15, 0.2) is 18.2 Å². The van der Waals surface area contributed by atoms with Crippen molar-refractivity contribution in [3.05, 3.63) is 34.1 Å². The average molecular weight is 242 g/mol. The summed E-state index contributed by atoms with van der Waals surface area (Å²) in [5.41, 5.74) is -0.111. The molecule has 1 aromatic carbocycles. The number of nitrogens with zero attached hydrogens (tertiary/aromatic N) is 1. The molecule has 6 heteroatoms. The molecule has 0 aliphatic carbocycles. The summed E-state index contributed by atoms with van der Waals surface area (Å²) in [6.45, 7) is 2.09. The second kappa shape index (κ2) is 6.15. The van der Waals surface area contributed by atoms with Crippen molar-refractivity contribution in [2.45, 2.75) is 25.9 Å². The molecule has 1 unspecified atom stereocenters. The third-order valence-electron chi connectivity index (χ3n) is 2.31. The van der Waals surface area contributed by atoms with E-state index in [1.54, 1.807) is 0 Å². The number of anilines is 1. The Morgan fingerprint density at radius 3 is 2.88 bits per heavy atom. The third kappa shape index (κ3) is 3.99. The molecule has 0 heterocycles. The van der Waals surface area contributed by atoms with Crippen molar-refractivity contribution in [1.82, 2.24) is 0 Å². The van der Waals surface area contributed by atoms with Gasteiger partial charge < -0.3 is 10.4 Å². The lowest BCUT2D eigenvalue weighted by molar-refractivity contribution is -0.384. The minimum absolute atomic E-state index is 0.0881. The predicted molar refractivity (Wildman–Crippen MR) is 62.5 cm³/mol. The van der Waals surface area contributed by atoms with Gasteiger partial charge in [-0.05, 0) is 12.5 Å². The van der Waals surface area contributed by atoms with Crippen molar-refractivity contribution in [3.63, 3.8) is 0 Å². The number of rotatable bonds is 6. The molecule has 1 rings (SSSR count). The summed E-state index contributed by atoms with van der Waals surface area (Å²) in [4.78, 5) is 10.1. The molecule has 1 atom stereocenters. The Morgan fingerprint density at radius 1 is 1.59 bits per heavy atom. The number of hydrogen-bond acceptors (Lipinski definition) is 4. The number of aliphatic hydroxyl groups is 1. The van der Waals surface area contributed by atoms with Crippen LogP contribution < -0.4 is 5.32 Å². The van der Waals surface area contributed by atoms with E-state index in [0.29, 0.717) is 6.42 Å². The number of nitrogens with one attached hydrogen (secondary N) is 1. The van der Waals surface area contributed by atoms with Gasteiger partial charge in [-0.2, -0.15) is 0 Å². The van der Waals surface area contributed by atoms with Crippen LogP contribution in [0.25, 0.3) is 0 Å². The van der Waals surface area contributed by atoms with Crippen LogP contribution in [-0.2, 0) is 0 Å². The molecule has 2 N–H and O–H groups in total. The summed E-state index contributed by atoms with van der Waals surface area (Å²) in [6.07, 6.45) is 0.812. The first-order chi connectivity index (χ1) is 8.04. The van der Waals surface area contributed by atoms with Gasteiger partial charge in [-0.1, -0.05) is 13.3 Å². The van der Waals surface area contributed by atoms with E-state index in [-0.39, 0.29) is 17.9 Å². The van der Waals surface area contributed by atoms with Crippen molar-refractivity contribution >= 4 is 11.4 Å². The highest BCUT2D eigenvalue weighted by molar-refractivity contribution is 5.61. The van der Waals surface area contributed by atoms with Gasteiger partial charge in [0.1, 0.15) is 11.5 Å². The van der Waals surface area contributed by atoms with Crippen LogP contribution in [0.1, 0.15) is 19.8 Å². The van der Waals surface area contributed by atoms with E-state index in [1.165, 1.54) is 0 Å². The number of nitro benzene ring substituents is 1. The number of halogens is 1. The second-order valence-corrected chi connectivity index (χ2v) is 3.74. The minimum atomic E-state index is -0.595. The molecule has 94 valence electrons. The first-order valence-corrected chi connectivity index (χ1v) is 5.40. The van der Waals surface area contributed by atoms with Gasteiger partial charge in [0.05, 0.1) is 11.0 Å². The van der Waals surface area contributed by atoms with Gasteiger partial charge in [0, 0.05) is 18.7 Å². The molecule has 0 aromatic heterocycles. The molecule has 0 spiro atoms. The molecule has 0 saturated carbocycles. The molecule has 0 saturated heterocycles. The Hall–Kier alpha value is -1.69. The van der Waals surface area contributed by atoms with E-state index in [9.17, 15) is 19.6 Å². The van der Waals surface area contributed by atoms with Gasteiger partial charge in [-0.3, -0.25) is 10.1 Å². The molecule has 17 heavy (non-hydrogen) atoms. The normalized spacial score (nSPS) is 12.2. The van der Waals surface area contributed by atoms with E-state index in [2.05, 4.69) is 5.32 Å². The summed E-state index contributed by atoms with van der Waals surface area (Å²) in [5.74, 6) is -0.553. The van der Waals surface area contributed by atoms with Crippen LogP contribution in [0.2, 0.25) is 0 Å². The maximum atomic E-state index is 13.0. The van der Waals surface area contributed by atoms with Gasteiger partial charge in [-0.25, -0.2) is 4.39 Å². The summed E-state index contributed by atoms with van der Waals surface area (Å²) >= 11 is 0. The zero-order valence-electron chi connectivity index (χ0n) is 9.52. The van der Waals surface area contributed by atoms with E-state index < -0.39 is 16.8 Å². The molecule has 0 aliphatic heterocycles. The van der Waals surface area contributed by atoms with Crippen LogP contribution in [-0.4, -0.2) is 22.7 Å². The molecular weight excluding hydrogens is 227 g/mol. The van der Waals surface area contributed by atoms with Crippen LogP contribution in [0, 0.1) is 15.9 Å². The lowest BCUT2D eigenvalue weighted by Gasteiger charge is -2.11. The summed E-state index contributed by atoms with van der Waals surface area (Å²) < 4.78 is 13.0. The highest BCUT2D eigenvalue weighted by Gasteiger charge is 2.14. The van der Waals surface area contributed by atoms with Crippen molar-refractivity contribution < 1.29 is 14.4 Å². The molecule has 0 fully saturated rings. The number of nitro groups is 1. The fraction of sp³-hybridized carbons (Fsp3) is 0.455. The van der Waals surface area contributed by atoms with Gasteiger partial charge in [0.25, 0.3) is 5.69 Å². The van der Waals surface area contributed by atoms with Gasteiger partial charge in [0.2, 0.25) is 0 Å². The third-order valence-corrected chi connectivity index (χ3v) is 2.31. The van der Waals surface area contributed by atoms with Crippen molar-refractivity contribution in [2.75, 3.05) is 11.9 Å². The predicted octanol–water partition coefficient (Wildman–Crippen LogP) is 2.31. The molecule has 0 bridgehead atoms. The quantitative estimate of drug-likeness (QED) is 0.593. The molecule has 0 radical (unpaired) electrons. The molecule has 0 aliphatic rings. The summed E-state index contributed by atoms with van der Waals surface area (Å²) in [5, 5.41) is 22.9. The first-order valence-electron chi connectivity index (χ1n) is 5.40. The summed E-state index contributed by atoms with van der Waals surface area (Å²) in [7, 11) is 0. The maximum Gasteiger partial charge on any atom is 0.292 e. The lowest BCUT2D eigenvalue weighted by Crippen LogP contribution is -2.19. The Kier molecular flexibility index (Phi) is 4.84. The second-order valence-electron chi connectivity index (χ2n) is 3.74. The van der Waals surface area contributed by atoms with Crippen molar-refractivity contribution in [2.24, 2.45) is 0 Å². The van der Waals surface area contributed by atoms with E-state index in [1.807, 2.05) is 6.92 Å². The Balaban J connectivity index is 2.75. The number of benzene rings is 1. The molecule has 5 nitrogen and oxygen atoms in total. The monoisotopic (exact) mass is 242 g/mol. The van der Waals surface area contributed by atoms with Crippen molar-refractivity contribution in [3.8, 4) is 0 Å². The zero-order chi connectivity index (χ0) is 12.8. The van der Waals surface area contributed by atoms with Gasteiger partial charge in [-0.15, -0.1) is 0 Å². The van der Waals surface area contributed by atoms with E-state index in [0.717, 1.165) is 24.6 Å². The van der Waals surface area contributed by atoms with Gasteiger partial charge in [0.15, 0.2) is 0 Å². The average Bonchev–Trinajstić information content (AvgIpc) is 2.26. The molecule has 0 amide bonds. The fourth-order valence-corrected chi connectivity index (χ4v) is 1.47. The standard InChI is InChI=1S/C11H15FN2O3/c1-2-3-9(15)7-13-10-6-8(12)4-5-11(10)14(16)17/h4-6,9,13,15H,2-3,7H2,1H3. The van der Waals surface area contributed by atoms with Crippen LogP contribution >= 0.6 is 0 Å². The Labute approximate surface area is 98.4 Å². The number of aliphatic hydroxyl groups excluding tert-OH is 1. The van der Waals surface area contributed by atoms with Crippen molar-refractivity contribution in [1.29, 1.82) is 0 Å². The zero-order valence-corrected chi connectivity index (χ0v) is 9.52. The Morgan fingerprint density at radius 2 is 2.29 bits per heavy atom. The highest BCUT2D eigenvalue weighted by atomic mass is 19.1. The molecule has 1 aromatic rings. The smallest absolute Gasteiger partial charge is 0.292 e. The minimum Gasteiger partial charge on any atom is -0.391 e. The number of hydrogen-bond donors (Lipinski definition) is 2. The van der Waals surface area contributed by atoms with Crippen LogP contribution in [0.5, 0.6) is 0 Å². The van der Waals surface area contributed by atoms with E-state index >= 15 is 0 Å². The fourth-order valence-electron chi connectivity index (χ4n) is 1.47. The first kappa shape index (κ1) is 13.4. The largest absolute Gasteiger partial charge is 0.391 e. The Bertz CT molecular complexity index is 398.